The zero-order valence-corrected chi connectivity index (χ0v) is 15.5. The molecule has 0 bridgehead atoms. The Labute approximate surface area is 164 Å². The number of amides is 1. The van der Waals surface area contributed by atoms with E-state index >= 15 is 0 Å². The largest absolute Gasteiger partial charge is 0.465 e. The molecule has 0 spiro atoms. The molecule has 29 heavy (non-hydrogen) atoms. The molecule has 150 valence electrons. The summed E-state index contributed by atoms with van der Waals surface area (Å²) in [5, 5.41) is 0.796. The third-order valence-corrected chi connectivity index (χ3v) is 5.12. The highest BCUT2D eigenvalue weighted by atomic mass is 19.4. The Balaban J connectivity index is 1.66. The Hall–Kier alpha value is -3.29. The highest BCUT2D eigenvalue weighted by Crippen LogP contribution is 2.32. The van der Waals surface area contributed by atoms with Crippen LogP contribution in [0.3, 0.4) is 0 Å². The lowest BCUT2D eigenvalue weighted by atomic mass is 10.0. The lowest BCUT2D eigenvalue weighted by molar-refractivity contribution is -0.137. The number of alkyl halides is 3. The fourth-order valence-corrected chi connectivity index (χ4v) is 3.64. The molecule has 4 rings (SSSR count). The van der Waals surface area contributed by atoms with Gasteiger partial charge in [0, 0.05) is 47.2 Å². The van der Waals surface area contributed by atoms with Crippen LogP contribution in [0, 0.1) is 0 Å². The van der Waals surface area contributed by atoms with Gasteiger partial charge in [-0.2, -0.15) is 13.2 Å². The summed E-state index contributed by atoms with van der Waals surface area (Å²) in [7, 11) is 1.30. The van der Waals surface area contributed by atoms with Crippen LogP contribution in [0.1, 0.15) is 37.5 Å². The number of halogens is 3. The summed E-state index contributed by atoms with van der Waals surface area (Å²) in [5.74, 6) is -0.921. The van der Waals surface area contributed by atoms with E-state index in [9.17, 15) is 22.8 Å². The van der Waals surface area contributed by atoms with Crippen molar-refractivity contribution in [3.05, 3.63) is 70.4 Å². The number of esters is 1. The second-order valence-corrected chi connectivity index (χ2v) is 6.89. The first-order chi connectivity index (χ1) is 13.8. The zero-order valence-electron chi connectivity index (χ0n) is 15.5. The van der Waals surface area contributed by atoms with Crippen LogP contribution in [0.15, 0.2) is 42.5 Å². The number of nitrogens with one attached hydrogen (secondary N) is 1. The third kappa shape index (κ3) is 3.46. The number of rotatable bonds is 2. The molecule has 1 N–H and O–H groups in total. The molecule has 0 aliphatic carbocycles. The van der Waals surface area contributed by atoms with E-state index in [1.165, 1.54) is 24.1 Å². The minimum atomic E-state index is -4.51. The summed E-state index contributed by atoms with van der Waals surface area (Å²) in [5.41, 5.74) is 2.18. The Kier molecular flexibility index (Phi) is 4.56. The molecule has 1 aliphatic heterocycles. The number of H-pyrrole nitrogens is 1. The molecular formula is C21H17F3N2O3. The van der Waals surface area contributed by atoms with Crippen molar-refractivity contribution >= 4 is 22.8 Å². The Morgan fingerprint density at radius 3 is 2.62 bits per heavy atom. The molecule has 0 atom stereocenters. The van der Waals surface area contributed by atoms with Gasteiger partial charge in [0.1, 0.15) is 0 Å². The minimum Gasteiger partial charge on any atom is -0.465 e. The fraction of sp³-hybridized carbons (Fsp3) is 0.238. The van der Waals surface area contributed by atoms with Gasteiger partial charge in [0.25, 0.3) is 5.91 Å². The first kappa shape index (κ1) is 19.0. The molecule has 2 heterocycles. The number of nitrogens with zero attached hydrogens (tertiary/aromatic N) is 1. The van der Waals surface area contributed by atoms with Gasteiger partial charge in [-0.05, 0) is 36.4 Å². The van der Waals surface area contributed by atoms with E-state index in [0.717, 1.165) is 34.3 Å². The first-order valence-corrected chi connectivity index (χ1v) is 8.96. The Bertz CT molecular complexity index is 1120. The monoisotopic (exact) mass is 402 g/mol. The quantitative estimate of drug-likeness (QED) is 0.655. The number of carbonyl (C=O) groups excluding carboxylic acids is 2. The Morgan fingerprint density at radius 2 is 1.90 bits per heavy atom. The summed E-state index contributed by atoms with van der Waals surface area (Å²) in [6.07, 6.45) is -3.96. The van der Waals surface area contributed by atoms with Crippen molar-refractivity contribution in [2.75, 3.05) is 13.7 Å². The van der Waals surface area contributed by atoms with Crippen LogP contribution in [0.4, 0.5) is 13.2 Å². The van der Waals surface area contributed by atoms with Crippen LogP contribution in [0.2, 0.25) is 0 Å². The van der Waals surface area contributed by atoms with Crippen molar-refractivity contribution in [1.29, 1.82) is 0 Å². The van der Waals surface area contributed by atoms with Crippen LogP contribution in [-0.2, 0) is 23.9 Å². The number of methoxy groups -OCH3 is 1. The Morgan fingerprint density at radius 1 is 1.10 bits per heavy atom. The maximum absolute atomic E-state index is 13.0. The molecule has 1 aromatic heterocycles. The predicted octanol–water partition coefficient (Wildman–Crippen LogP) is 4.17. The highest BCUT2D eigenvalue weighted by molar-refractivity contribution is 5.97. The van der Waals surface area contributed by atoms with E-state index in [2.05, 4.69) is 4.98 Å². The van der Waals surface area contributed by atoms with Gasteiger partial charge in [-0.15, -0.1) is 0 Å². The van der Waals surface area contributed by atoms with E-state index < -0.39 is 23.6 Å². The van der Waals surface area contributed by atoms with Crippen LogP contribution < -0.4 is 0 Å². The number of aromatic amines is 1. The third-order valence-electron chi connectivity index (χ3n) is 5.12. The van der Waals surface area contributed by atoms with Gasteiger partial charge in [-0.3, -0.25) is 4.79 Å². The average Bonchev–Trinajstić information content (AvgIpc) is 3.09. The summed E-state index contributed by atoms with van der Waals surface area (Å²) < 4.78 is 43.7. The molecule has 3 aromatic rings. The van der Waals surface area contributed by atoms with E-state index in [-0.39, 0.29) is 12.1 Å². The molecule has 0 fully saturated rings. The first-order valence-electron chi connectivity index (χ1n) is 8.96. The smallest absolute Gasteiger partial charge is 0.416 e. The molecule has 1 aliphatic rings. The van der Waals surface area contributed by atoms with Crippen LogP contribution in [-0.4, -0.2) is 35.4 Å². The number of fused-ring (bicyclic) bond motifs is 3. The van der Waals surface area contributed by atoms with Gasteiger partial charge in [0.05, 0.1) is 18.2 Å². The SMILES string of the molecule is COC(=O)c1ccc2[nH]c3c(c2c1)CN(C(=O)c1cccc(C(F)(F)F)c1)CC3. The lowest BCUT2D eigenvalue weighted by Crippen LogP contribution is -2.35. The second kappa shape index (κ2) is 6.95. The summed E-state index contributed by atoms with van der Waals surface area (Å²) in [4.78, 5) is 29.5. The number of benzene rings is 2. The number of carbonyl (C=O) groups is 2. The zero-order chi connectivity index (χ0) is 20.8. The molecule has 0 radical (unpaired) electrons. The van der Waals surface area contributed by atoms with Gasteiger partial charge in [-0.25, -0.2) is 4.79 Å². The van der Waals surface area contributed by atoms with Crippen molar-refractivity contribution in [1.82, 2.24) is 9.88 Å². The molecule has 0 unspecified atom stereocenters. The number of hydrogen-bond donors (Lipinski definition) is 1. The summed E-state index contributed by atoms with van der Waals surface area (Å²) in [6, 6.07) is 9.58. The number of aromatic nitrogens is 1. The standard InChI is InChI=1S/C21H17F3N2O3/c1-29-20(28)13-5-6-17-15(10-13)16-11-26(8-7-18(16)25-17)19(27)12-3-2-4-14(9-12)21(22,23)24/h2-6,9-10,25H,7-8,11H2,1H3. The fourth-order valence-electron chi connectivity index (χ4n) is 3.64. The topological polar surface area (TPSA) is 62.4 Å². The maximum atomic E-state index is 13.0. The van der Waals surface area contributed by atoms with Gasteiger partial charge < -0.3 is 14.6 Å². The molecular weight excluding hydrogens is 385 g/mol. The van der Waals surface area contributed by atoms with Crippen molar-refractivity contribution < 1.29 is 27.5 Å². The van der Waals surface area contributed by atoms with E-state index in [0.29, 0.717) is 18.5 Å². The van der Waals surface area contributed by atoms with Gasteiger partial charge in [-0.1, -0.05) is 6.07 Å². The van der Waals surface area contributed by atoms with Crippen LogP contribution in [0.5, 0.6) is 0 Å². The predicted molar refractivity (Wildman–Crippen MR) is 99.5 cm³/mol. The number of ether oxygens (including phenoxy) is 1. The van der Waals surface area contributed by atoms with Gasteiger partial charge in [0.2, 0.25) is 0 Å². The van der Waals surface area contributed by atoms with Crippen LogP contribution in [0.25, 0.3) is 10.9 Å². The van der Waals surface area contributed by atoms with Crippen molar-refractivity contribution in [3.8, 4) is 0 Å². The summed E-state index contributed by atoms with van der Waals surface area (Å²) in [6.45, 7) is 0.633. The van der Waals surface area contributed by atoms with Crippen molar-refractivity contribution in [3.63, 3.8) is 0 Å². The highest BCUT2D eigenvalue weighted by Gasteiger charge is 2.32. The van der Waals surface area contributed by atoms with Crippen molar-refractivity contribution in [2.24, 2.45) is 0 Å². The molecule has 0 saturated heterocycles. The van der Waals surface area contributed by atoms with E-state index in [1.807, 2.05) is 0 Å². The number of hydrogen-bond acceptors (Lipinski definition) is 3. The van der Waals surface area contributed by atoms with Crippen LogP contribution >= 0.6 is 0 Å². The maximum Gasteiger partial charge on any atom is 0.416 e. The molecule has 0 saturated carbocycles. The van der Waals surface area contributed by atoms with E-state index in [4.69, 9.17) is 4.74 Å². The second-order valence-electron chi connectivity index (χ2n) is 6.89. The van der Waals surface area contributed by atoms with Crippen molar-refractivity contribution in [2.45, 2.75) is 19.1 Å². The normalized spacial score (nSPS) is 14.0. The van der Waals surface area contributed by atoms with Gasteiger partial charge >= 0.3 is 12.1 Å². The minimum absolute atomic E-state index is 0.00151. The lowest BCUT2D eigenvalue weighted by Gasteiger charge is -2.27. The molecule has 2 aromatic carbocycles. The molecule has 1 amide bonds. The van der Waals surface area contributed by atoms with Gasteiger partial charge in [0.15, 0.2) is 0 Å². The average molecular weight is 402 g/mol. The van der Waals surface area contributed by atoms with E-state index in [1.54, 1.807) is 18.2 Å². The molecule has 8 heteroatoms. The summed E-state index contributed by atoms with van der Waals surface area (Å²) >= 11 is 0. The molecule has 5 nitrogen and oxygen atoms in total.